The van der Waals surface area contributed by atoms with Crippen molar-refractivity contribution in [1.82, 2.24) is 10.6 Å². The topological polar surface area (TPSA) is 108 Å². The molecule has 0 aromatic heterocycles. The number of alkyl carbamates (subject to hydrolysis) is 1. The molecule has 188 valence electrons. The summed E-state index contributed by atoms with van der Waals surface area (Å²) >= 11 is 0. The summed E-state index contributed by atoms with van der Waals surface area (Å²) < 4.78 is 5.35. The van der Waals surface area contributed by atoms with E-state index in [0.29, 0.717) is 25.2 Å². The normalized spacial score (nSPS) is 20.2. The predicted octanol–water partition coefficient (Wildman–Crippen LogP) is 4.15. The number of amides is 2. The zero-order valence-electron chi connectivity index (χ0n) is 21.3. The van der Waals surface area contributed by atoms with E-state index in [9.17, 15) is 19.8 Å². The maximum absolute atomic E-state index is 13.3. The molecule has 0 bridgehead atoms. The average Bonchev–Trinajstić information content (AvgIpc) is 2.69. The molecule has 2 unspecified atom stereocenters. The summed E-state index contributed by atoms with van der Waals surface area (Å²) in [4.78, 5) is 25.6. The zero-order chi connectivity index (χ0) is 24.5. The Kier molecular flexibility index (Phi) is 12.0. The minimum Gasteiger partial charge on any atom is -0.444 e. The van der Waals surface area contributed by atoms with Crippen LogP contribution < -0.4 is 10.6 Å². The summed E-state index contributed by atoms with van der Waals surface area (Å²) in [5.41, 5.74) is -0.665. The summed E-state index contributed by atoms with van der Waals surface area (Å²) in [6.45, 7) is 13.2. The maximum atomic E-state index is 13.3. The van der Waals surface area contributed by atoms with Crippen LogP contribution >= 0.6 is 0 Å². The third kappa shape index (κ3) is 10.5. The molecular weight excluding hydrogens is 408 g/mol. The van der Waals surface area contributed by atoms with Gasteiger partial charge in [-0.3, -0.25) is 4.79 Å². The van der Waals surface area contributed by atoms with Crippen LogP contribution in [0.2, 0.25) is 0 Å². The van der Waals surface area contributed by atoms with Gasteiger partial charge in [0.2, 0.25) is 5.91 Å². The molecule has 32 heavy (non-hydrogen) atoms. The Labute approximate surface area is 195 Å². The minimum absolute atomic E-state index is 0.115. The van der Waals surface area contributed by atoms with Crippen molar-refractivity contribution < 1.29 is 24.5 Å². The number of ether oxygens (including phenoxy) is 1. The van der Waals surface area contributed by atoms with Crippen LogP contribution in [-0.2, 0) is 9.53 Å². The van der Waals surface area contributed by atoms with E-state index in [4.69, 9.17) is 4.74 Å². The molecule has 1 fully saturated rings. The van der Waals surface area contributed by atoms with Crippen molar-refractivity contribution in [1.29, 1.82) is 0 Å². The second kappa shape index (κ2) is 13.4. The Morgan fingerprint density at radius 3 is 2.12 bits per heavy atom. The summed E-state index contributed by atoms with van der Waals surface area (Å²) in [7, 11) is 0. The minimum atomic E-state index is -1.05. The smallest absolute Gasteiger partial charge is 0.408 e. The van der Waals surface area contributed by atoms with E-state index in [1.807, 2.05) is 27.7 Å². The number of nitrogens with one attached hydrogen (secondary N) is 2. The Morgan fingerprint density at radius 2 is 1.62 bits per heavy atom. The summed E-state index contributed by atoms with van der Waals surface area (Å²) in [5.74, 6) is 0.181. The molecule has 2 amide bonds. The molecule has 1 rings (SSSR count). The lowest BCUT2D eigenvalue weighted by Gasteiger charge is -2.34. The summed E-state index contributed by atoms with van der Waals surface area (Å²) in [6.07, 6.45) is 4.87. The highest BCUT2D eigenvalue weighted by molar-refractivity contribution is 5.86. The number of rotatable bonds is 11. The van der Waals surface area contributed by atoms with Gasteiger partial charge in [0.05, 0.1) is 12.1 Å². The van der Waals surface area contributed by atoms with Gasteiger partial charge in [-0.05, 0) is 51.4 Å². The number of hydrogen-bond acceptors (Lipinski definition) is 5. The van der Waals surface area contributed by atoms with Crippen molar-refractivity contribution in [2.75, 3.05) is 0 Å². The quantitative estimate of drug-likeness (QED) is 0.374. The summed E-state index contributed by atoms with van der Waals surface area (Å²) in [5, 5.41) is 27.2. The predicted molar refractivity (Wildman–Crippen MR) is 127 cm³/mol. The van der Waals surface area contributed by atoms with Gasteiger partial charge in [0.25, 0.3) is 0 Å². The average molecular weight is 457 g/mol. The lowest BCUT2D eigenvalue weighted by atomic mass is 9.82. The zero-order valence-corrected chi connectivity index (χ0v) is 21.3. The number of aliphatic hydroxyl groups is 2. The first-order chi connectivity index (χ1) is 14.8. The summed E-state index contributed by atoms with van der Waals surface area (Å²) in [6, 6.07) is -1.34. The van der Waals surface area contributed by atoms with E-state index < -0.39 is 36.0 Å². The van der Waals surface area contributed by atoms with E-state index >= 15 is 0 Å². The van der Waals surface area contributed by atoms with Crippen molar-refractivity contribution in [2.24, 2.45) is 17.8 Å². The molecule has 0 spiro atoms. The van der Waals surface area contributed by atoms with E-state index in [1.165, 1.54) is 6.42 Å². The van der Waals surface area contributed by atoms with Crippen LogP contribution in [-0.4, -0.2) is 52.1 Å². The molecule has 7 nitrogen and oxygen atoms in total. The van der Waals surface area contributed by atoms with Gasteiger partial charge in [-0.25, -0.2) is 4.79 Å². The molecule has 0 aromatic rings. The maximum Gasteiger partial charge on any atom is 0.408 e. The SMILES string of the molecule is CCC(C)C(NC(=O)OC(C)(C)C)C(=O)N[C@@H](CC1CCCCC1)[C@@H](O)[C@@H](O)CC(C)C. The largest absolute Gasteiger partial charge is 0.444 e. The van der Waals surface area contributed by atoms with Gasteiger partial charge in [0, 0.05) is 0 Å². The first-order valence-electron chi connectivity index (χ1n) is 12.5. The van der Waals surface area contributed by atoms with E-state index in [2.05, 4.69) is 10.6 Å². The van der Waals surface area contributed by atoms with Gasteiger partial charge in [0.15, 0.2) is 0 Å². The van der Waals surface area contributed by atoms with Gasteiger partial charge in [0.1, 0.15) is 17.7 Å². The van der Waals surface area contributed by atoms with Crippen LogP contribution in [0.15, 0.2) is 0 Å². The van der Waals surface area contributed by atoms with Gasteiger partial charge in [-0.2, -0.15) is 0 Å². The fraction of sp³-hybridized carbons (Fsp3) is 0.920. The lowest BCUT2D eigenvalue weighted by molar-refractivity contribution is -0.127. The molecule has 0 aromatic carbocycles. The van der Waals surface area contributed by atoms with Crippen molar-refractivity contribution in [3.63, 3.8) is 0 Å². The highest BCUT2D eigenvalue weighted by atomic mass is 16.6. The molecule has 7 heteroatoms. The van der Waals surface area contributed by atoms with Gasteiger partial charge in [-0.15, -0.1) is 0 Å². The van der Waals surface area contributed by atoms with Crippen LogP contribution in [0.4, 0.5) is 4.79 Å². The molecular formula is C25H48N2O5. The number of aliphatic hydroxyl groups excluding tert-OH is 2. The Hall–Kier alpha value is -1.34. The van der Waals surface area contributed by atoms with Crippen LogP contribution in [0.1, 0.15) is 99.8 Å². The molecule has 5 atom stereocenters. The Bertz CT molecular complexity index is 569. The molecule has 0 aliphatic heterocycles. The first-order valence-corrected chi connectivity index (χ1v) is 12.5. The number of carbonyl (C=O) groups is 2. The highest BCUT2D eigenvalue weighted by Crippen LogP contribution is 2.29. The van der Waals surface area contributed by atoms with Crippen LogP contribution in [0.25, 0.3) is 0 Å². The molecule has 0 radical (unpaired) electrons. The second-order valence-electron chi connectivity index (χ2n) is 11.1. The van der Waals surface area contributed by atoms with E-state index in [-0.39, 0.29) is 17.7 Å². The fourth-order valence-electron chi connectivity index (χ4n) is 4.37. The molecule has 0 saturated heterocycles. The van der Waals surface area contributed by atoms with E-state index in [1.54, 1.807) is 20.8 Å². The van der Waals surface area contributed by atoms with Gasteiger partial charge in [-0.1, -0.05) is 66.2 Å². The number of carbonyl (C=O) groups excluding carboxylic acids is 2. The molecule has 1 aliphatic rings. The molecule has 1 saturated carbocycles. The van der Waals surface area contributed by atoms with Gasteiger partial charge >= 0.3 is 6.09 Å². The van der Waals surface area contributed by atoms with E-state index in [0.717, 1.165) is 25.7 Å². The Morgan fingerprint density at radius 1 is 1.03 bits per heavy atom. The third-order valence-corrected chi connectivity index (χ3v) is 6.33. The van der Waals surface area contributed by atoms with Crippen molar-refractivity contribution in [3.05, 3.63) is 0 Å². The number of hydrogen-bond donors (Lipinski definition) is 4. The molecule has 0 heterocycles. The Balaban J connectivity index is 2.97. The fourth-order valence-corrected chi connectivity index (χ4v) is 4.37. The van der Waals surface area contributed by atoms with Crippen molar-refractivity contribution in [2.45, 2.75) is 130 Å². The molecule has 1 aliphatic carbocycles. The standard InChI is InChI=1S/C25H48N2O5/c1-8-17(4)21(27-24(31)32-25(5,6)7)23(30)26-19(15-18-12-10-9-11-13-18)22(29)20(28)14-16(2)3/h16-22,28-29H,8-15H2,1-7H3,(H,26,30)(H,27,31)/t17?,19-,20-,21?,22+/m0/s1. The first kappa shape index (κ1) is 28.7. The van der Waals surface area contributed by atoms with Crippen LogP contribution in [0.3, 0.4) is 0 Å². The molecule has 4 N–H and O–H groups in total. The van der Waals surface area contributed by atoms with Gasteiger partial charge < -0.3 is 25.6 Å². The second-order valence-corrected chi connectivity index (χ2v) is 11.1. The lowest BCUT2D eigenvalue weighted by Crippen LogP contribution is -2.57. The third-order valence-electron chi connectivity index (χ3n) is 6.33. The monoisotopic (exact) mass is 456 g/mol. The van der Waals surface area contributed by atoms with Crippen LogP contribution in [0.5, 0.6) is 0 Å². The highest BCUT2D eigenvalue weighted by Gasteiger charge is 2.35. The van der Waals surface area contributed by atoms with Crippen LogP contribution in [0, 0.1) is 17.8 Å². The van der Waals surface area contributed by atoms with Crippen molar-refractivity contribution >= 4 is 12.0 Å². The van der Waals surface area contributed by atoms with Crippen molar-refractivity contribution in [3.8, 4) is 0 Å².